The van der Waals surface area contributed by atoms with E-state index in [2.05, 4.69) is 5.32 Å². The molecule has 0 unspecified atom stereocenters. The van der Waals surface area contributed by atoms with Gasteiger partial charge in [0.2, 0.25) is 0 Å². The number of amides is 1. The highest BCUT2D eigenvalue weighted by atomic mass is 32.1. The maximum atomic E-state index is 13.0. The molecular weight excluding hydrogens is 433 g/mol. The van der Waals surface area contributed by atoms with Crippen molar-refractivity contribution in [2.45, 2.75) is 20.0 Å². The average molecular weight is 453 g/mol. The number of hydrogen-bond acceptors (Lipinski definition) is 5. The zero-order chi connectivity index (χ0) is 22.7. The second-order valence-corrected chi connectivity index (χ2v) is 8.14. The van der Waals surface area contributed by atoms with Crippen molar-refractivity contribution < 1.29 is 13.9 Å². The number of aryl methyl sites for hydroxylation is 1. The molecule has 2 heterocycles. The molecule has 32 heavy (non-hydrogen) atoms. The lowest BCUT2D eigenvalue weighted by Crippen LogP contribution is -2.39. The van der Waals surface area contributed by atoms with Crippen molar-refractivity contribution >= 4 is 22.1 Å². The smallest absolute Gasteiger partial charge is 0.336 e. The normalized spacial score (nSPS) is 10.9. The number of aromatic nitrogens is 2. The van der Waals surface area contributed by atoms with Crippen LogP contribution in [0.4, 0.5) is 4.39 Å². The minimum Gasteiger partial charge on any atom is -0.492 e. The Morgan fingerprint density at radius 1 is 1.09 bits per heavy atom. The molecular formula is C23H20FN3O4S. The van der Waals surface area contributed by atoms with Crippen molar-refractivity contribution in [2.24, 2.45) is 0 Å². The fourth-order valence-electron chi connectivity index (χ4n) is 3.21. The average Bonchev–Trinajstić information content (AvgIpc) is 3.26. The summed E-state index contributed by atoms with van der Waals surface area (Å²) >= 11 is 1.07. The van der Waals surface area contributed by atoms with Crippen LogP contribution in [0.1, 0.15) is 20.8 Å². The van der Waals surface area contributed by atoms with Crippen LogP contribution >= 0.6 is 11.3 Å². The van der Waals surface area contributed by atoms with Gasteiger partial charge in [0.05, 0.1) is 6.54 Å². The lowest BCUT2D eigenvalue weighted by molar-refractivity contribution is 0.0954. The van der Waals surface area contributed by atoms with Crippen molar-refractivity contribution in [1.82, 2.24) is 14.3 Å². The minimum absolute atomic E-state index is 0.0816. The van der Waals surface area contributed by atoms with Crippen LogP contribution in [0.3, 0.4) is 0 Å². The fourth-order valence-corrected chi connectivity index (χ4v) is 4.21. The van der Waals surface area contributed by atoms with Crippen LogP contribution in [0.2, 0.25) is 0 Å². The van der Waals surface area contributed by atoms with E-state index in [0.717, 1.165) is 21.5 Å². The van der Waals surface area contributed by atoms with Gasteiger partial charge in [-0.05, 0) is 36.8 Å². The topological polar surface area (TPSA) is 81.8 Å². The van der Waals surface area contributed by atoms with Crippen LogP contribution in [0, 0.1) is 12.7 Å². The number of thiazole rings is 1. The van der Waals surface area contributed by atoms with Gasteiger partial charge >= 0.3 is 5.69 Å². The van der Waals surface area contributed by atoms with E-state index in [1.807, 2.05) is 18.2 Å². The van der Waals surface area contributed by atoms with Gasteiger partial charge in [-0.15, -0.1) is 11.3 Å². The zero-order valence-corrected chi connectivity index (χ0v) is 18.0. The summed E-state index contributed by atoms with van der Waals surface area (Å²) < 4.78 is 21.0. The van der Waals surface area contributed by atoms with Gasteiger partial charge in [-0.2, -0.15) is 0 Å². The van der Waals surface area contributed by atoms with Gasteiger partial charge < -0.3 is 10.1 Å². The largest absolute Gasteiger partial charge is 0.492 e. The summed E-state index contributed by atoms with van der Waals surface area (Å²) in [4.78, 5) is 38.9. The van der Waals surface area contributed by atoms with E-state index in [1.54, 1.807) is 31.2 Å². The fraction of sp³-hybridized carbons (Fsp3) is 0.174. The molecule has 0 fully saturated rings. The van der Waals surface area contributed by atoms with Crippen molar-refractivity contribution in [3.63, 3.8) is 0 Å². The lowest BCUT2D eigenvalue weighted by Gasteiger charge is -2.09. The Bertz CT molecular complexity index is 1370. The monoisotopic (exact) mass is 453 g/mol. The van der Waals surface area contributed by atoms with Gasteiger partial charge in [-0.3, -0.25) is 18.6 Å². The number of hydrogen-bond donors (Lipinski definition) is 1. The second kappa shape index (κ2) is 9.19. The first-order chi connectivity index (χ1) is 15.4. The van der Waals surface area contributed by atoms with Crippen LogP contribution in [-0.4, -0.2) is 21.5 Å². The predicted molar refractivity (Wildman–Crippen MR) is 120 cm³/mol. The maximum Gasteiger partial charge on any atom is 0.336 e. The summed E-state index contributed by atoms with van der Waals surface area (Å²) in [6.07, 6.45) is 1.43. The molecule has 0 saturated heterocycles. The van der Waals surface area contributed by atoms with E-state index in [-0.39, 0.29) is 31.4 Å². The van der Waals surface area contributed by atoms with E-state index in [0.29, 0.717) is 21.0 Å². The SMILES string of the molecule is Cc1c(=O)n(CCOc2ccccc2)c(=O)n2cc(C(=O)NCc3ccc(F)cc3)sc12. The second-order valence-electron chi connectivity index (χ2n) is 7.11. The number of fused-ring (bicyclic) bond motifs is 1. The third kappa shape index (κ3) is 4.47. The molecule has 164 valence electrons. The van der Waals surface area contributed by atoms with Gasteiger partial charge in [0.25, 0.3) is 11.5 Å². The van der Waals surface area contributed by atoms with Gasteiger partial charge in [-0.1, -0.05) is 30.3 Å². The molecule has 1 amide bonds. The van der Waals surface area contributed by atoms with E-state index in [1.165, 1.54) is 22.7 Å². The summed E-state index contributed by atoms with van der Waals surface area (Å²) in [6, 6.07) is 14.9. The molecule has 2 aromatic carbocycles. The Morgan fingerprint density at radius 2 is 1.81 bits per heavy atom. The van der Waals surface area contributed by atoms with E-state index < -0.39 is 11.2 Å². The highest BCUT2D eigenvalue weighted by molar-refractivity contribution is 7.19. The number of carbonyl (C=O) groups excluding carboxylic acids is 1. The number of benzene rings is 2. The number of carbonyl (C=O) groups is 1. The molecule has 0 aliphatic rings. The van der Waals surface area contributed by atoms with Gasteiger partial charge in [0, 0.05) is 18.3 Å². The van der Waals surface area contributed by atoms with Crippen LogP contribution < -0.4 is 21.3 Å². The number of nitrogens with one attached hydrogen (secondary N) is 1. The number of ether oxygens (including phenoxy) is 1. The third-order valence-corrected chi connectivity index (χ3v) is 6.12. The summed E-state index contributed by atoms with van der Waals surface area (Å²) in [6.45, 7) is 2.07. The molecule has 0 atom stereocenters. The Hall–Kier alpha value is -3.72. The Balaban J connectivity index is 1.53. The minimum atomic E-state index is -0.527. The number of nitrogens with zero attached hydrogens (tertiary/aromatic N) is 2. The highest BCUT2D eigenvalue weighted by Gasteiger charge is 2.17. The Kier molecular flexibility index (Phi) is 6.18. The molecule has 7 nitrogen and oxygen atoms in total. The molecule has 4 aromatic rings. The van der Waals surface area contributed by atoms with Crippen molar-refractivity contribution in [3.05, 3.63) is 103 Å². The molecule has 0 aliphatic heterocycles. The van der Waals surface area contributed by atoms with Crippen molar-refractivity contribution in [2.75, 3.05) is 6.61 Å². The van der Waals surface area contributed by atoms with Crippen LogP contribution in [0.5, 0.6) is 5.75 Å². The van der Waals surface area contributed by atoms with Crippen molar-refractivity contribution in [1.29, 1.82) is 0 Å². The van der Waals surface area contributed by atoms with Gasteiger partial charge in [0.1, 0.15) is 27.9 Å². The zero-order valence-electron chi connectivity index (χ0n) is 17.2. The third-order valence-electron chi connectivity index (χ3n) is 4.91. The molecule has 0 spiro atoms. The first-order valence-electron chi connectivity index (χ1n) is 9.90. The van der Waals surface area contributed by atoms with E-state index >= 15 is 0 Å². The summed E-state index contributed by atoms with van der Waals surface area (Å²) in [5.74, 6) is -0.0855. The molecule has 0 radical (unpaired) electrons. The predicted octanol–water partition coefficient (Wildman–Crippen LogP) is 2.98. The first kappa shape index (κ1) is 21.5. The quantitative estimate of drug-likeness (QED) is 0.467. The number of rotatable bonds is 7. The lowest BCUT2D eigenvalue weighted by atomic mass is 10.2. The first-order valence-corrected chi connectivity index (χ1v) is 10.7. The standard InChI is InChI=1S/C23H20FN3O4S/c1-15-21(29)26(11-12-31-18-5-3-2-4-6-18)23(30)27-14-19(32-22(15)27)20(28)25-13-16-7-9-17(24)10-8-16/h2-10,14H,11-13H2,1H3,(H,25,28). The van der Waals surface area contributed by atoms with E-state index in [9.17, 15) is 18.8 Å². The molecule has 0 aliphatic carbocycles. The van der Waals surface area contributed by atoms with Crippen LogP contribution in [0.15, 0.2) is 70.4 Å². The summed E-state index contributed by atoms with van der Waals surface area (Å²) in [5.41, 5.74) is 0.187. The van der Waals surface area contributed by atoms with Crippen LogP contribution in [0.25, 0.3) is 4.83 Å². The molecule has 4 rings (SSSR count). The molecule has 2 aromatic heterocycles. The number of halogens is 1. The van der Waals surface area contributed by atoms with Gasteiger partial charge in [0.15, 0.2) is 0 Å². The highest BCUT2D eigenvalue weighted by Crippen LogP contribution is 2.18. The molecule has 9 heteroatoms. The van der Waals surface area contributed by atoms with Crippen LogP contribution in [-0.2, 0) is 13.1 Å². The Labute approximate surface area is 186 Å². The molecule has 0 saturated carbocycles. The molecule has 1 N–H and O–H groups in total. The maximum absolute atomic E-state index is 13.0. The van der Waals surface area contributed by atoms with Gasteiger partial charge in [-0.25, -0.2) is 9.18 Å². The Morgan fingerprint density at radius 3 is 2.53 bits per heavy atom. The summed E-state index contributed by atoms with van der Waals surface area (Å²) in [7, 11) is 0. The molecule has 0 bridgehead atoms. The van der Waals surface area contributed by atoms with E-state index in [4.69, 9.17) is 4.74 Å². The summed E-state index contributed by atoms with van der Waals surface area (Å²) in [5, 5.41) is 2.75. The van der Waals surface area contributed by atoms with Crippen molar-refractivity contribution in [3.8, 4) is 5.75 Å². The number of para-hydroxylation sites is 1.